The fourth-order valence-electron chi connectivity index (χ4n) is 2.84. The zero-order valence-corrected chi connectivity index (χ0v) is 15.6. The van der Waals surface area contributed by atoms with Gasteiger partial charge in [0.25, 0.3) is 0 Å². The third-order valence-electron chi connectivity index (χ3n) is 4.19. The molecular formula is C21H18N4OS. The predicted octanol–water partition coefficient (Wildman–Crippen LogP) is 4.89. The quantitative estimate of drug-likeness (QED) is 0.521. The molecule has 0 spiro atoms. The Hall–Kier alpha value is -3.25. The molecule has 1 N–H and O–H groups in total. The predicted molar refractivity (Wildman–Crippen MR) is 109 cm³/mol. The van der Waals surface area contributed by atoms with E-state index in [-0.39, 0.29) is 0 Å². The van der Waals surface area contributed by atoms with E-state index in [4.69, 9.17) is 9.72 Å². The second kappa shape index (κ2) is 7.97. The molecule has 0 amide bonds. The van der Waals surface area contributed by atoms with Gasteiger partial charge in [-0.3, -0.25) is 4.98 Å². The molecule has 3 heterocycles. The fraction of sp³-hybridized carbons (Fsp3) is 0.0952. The first-order valence-electron chi connectivity index (χ1n) is 8.51. The number of para-hydroxylation sites is 1. The summed E-state index contributed by atoms with van der Waals surface area (Å²) in [5.41, 5.74) is 4.97. The van der Waals surface area contributed by atoms with Crippen molar-refractivity contribution in [3.8, 4) is 28.1 Å². The van der Waals surface area contributed by atoms with Crippen molar-refractivity contribution in [2.24, 2.45) is 0 Å². The highest BCUT2D eigenvalue weighted by molar-refractivity contribution is 7.08. The first kappa shape index (κ1) is 17.2. The molecule has 0 unspecified atom stereocenters. The number of thiophene rings is 1. The first-order valence-corrected chi connectivity index (χ1v) is 9.45. The van der Waals surface area contributed by atoms with Crippen molar-refractivity contribution in [1.82, 2.24) is 15.0 Å². The van der Waals surface area contributed by atoms with E-state index in [1.54, 1.807) is 24.6 Å². The van der Waals surface area contributed by atoms with Crippen LogP contribution in [0, 0.1) is 0 Å². The van der Waals surface area contributed by atoms with Crippen LogP contribution in [0.15, 0.2) is 71.8 Å². The van der Waals surface area contributed by atoms with E-state index in [2.05, 4.69) is 32.1 Å². The molecular weight excluding hydrogens is 356 g/mol. The number of hydrogen-bond donors (Lipinski definition) is 1. The largest absolute Gasteiger partial charge is 0.496 e. The molecule has 0 saturated carbocycles. The number of methoxy groups -OCH3 is 1. The molecule has 0 aliphatic carbocycles. The Morgan fingerprint density at radius 2 is 1.96 bits per heavy atom. The average Bonchev–Trinajstić information content (AvgIpc) is 3.27. The van der Waals surface area contributed by atoms with Crippen LogP contribution in [0.4, 0.5) is 5.95 Å². The lowest BCUT2D eigenvalue weighted by Gasteiger charge is -2.12. The van der Waals surface area contributed by atoms with Gasteiger partial charge in [0, 0.05) is 41.8 Å². The number of nitrogens with one attached hydrogen (secondary N) is 1. The summed E-state index contributed by atoms with van der Waals surface area (Å²) in [5, 5.41) is 7.45. The third-order valence-corrected chi connectivity index (χ3v) is 4.87. The third kappa shape index (κ3) is 3.80. The Morgan fingerprint density at radius 3 is 2.74 bits per heavy atom. The van der Waals surface area contributed by atoms with Crippen LogP contribution in [0.2, 0.25) is 0 Å². The number of pyridine rings is 1. The van der Waals surface area contributed by atoms with Gasteiger partial charge in [-0.15, -0.1) is 0 Å². The van der Waals surface area contributed by atoms with Crippen molar-refractivity contribution in [1.29, 1.82) is 0 Å². The van der Waals surface area contributed by atoms with Gasteiger partial charge in [0.2, 0.25) is 5.95 Å². The monoisotopic (exact) mass is 374 g/mol. The van der Waals surface area contributed by atoms with E-state index in [0.717, 1.165) is 33.7 Å². The molecule has 1 aromatic carbocycles. The topological polar surface area (TPSA) is 59.9 Å². The number of benzene rings is 1. The smallest absolute Gasteiger partial charge is 0.223 e. The molecule has 134 valence electrons. The number of hydrogen-bond acceptors (Lipinski definition) is 6. The van der Waals surface area contributed by atoms with Crippen LogP contribution in [-0.4, -0.2) is 22.1 Å². The molecule has 0 radical (unpaired) electrons. The molecule has 4 aromatic rings. The van der Waals surface area contributed by atoms with Crippen molar-refractivity contribution in [3.05, 3.63) is 77.4 Å². The molecule has 0 saturated heterocycles. The van der Waals surface area contributed by atoms with Crippen molar-refractivity contribution < 1.29 is 4.74 Å². The number of nitrogens with zero attached hydrogens (tertiary/aromatic N) is 3. The minimum absolute atomic E-state index is 0.568. The van der Waals surface area contributed by atoms with E-state index in [0.29, 0.717) is 12.5 Å². The molecule has 0 aliphatic rings. The Kier molecular flexibility index (Phi) is 5.07. The maximum absolute atomic E-state index is 5.41. The highest BCUT2D eigenvalue weighted by Gasteiger charge is 2.12. The van der Waals surface area contributed by atoms with Crippen LogP contribution in [0.5, 0.6) is 5.75 Å². The van der Waals surface area contributed by atoms with Crippen LogP contribution in [0.1, 0.15) is 5.56 Å². The Bertz CT molecular complexity index is 1020. The average molecular weight is 374 g/mol. The van der Waals surface area contributed by atoms with Crippen LogP contribution < -0.4 is 10.1 Å². The molecule has 0 fully saturated rings. The van der Waals surface area contributed by atoms with Gasteiger partial charge in [-0.1, -0.05) is 18.2 Å². The van der Waals surface area contributed by atoms with Crippen LogP contribution in [-0.2, 0) is 6.54 Å². The van der Waals surface area contributed by atoms with Gasteiger partial charge in [0.05, 0.1) is 12.8 Å². The molecule has 5 nitrogen and oxygen atoms in total. The number of ether oxygens (including phenoxy) is 1. The van der Waals surface area contributed by atoms with Gasteiger partial charge in [0.15, 0.2) is 0 Å². The molecule has 0 aliphatic heterocycles. The summed E-state index contributed by atoms with van der Waals surface area (Å²) in [6.45, 7) is 0.578. The van der Waals surface area contributed by atoms with Crippen molar-refractivity contribution >= 4 is 17.3 Å². The second-order valence-corrected chi connectivity index (χ2v) is 6.66. The minimum Gasteiger partial charge on any atom is -0.496 e. The lowest BCUT2D eigenvalue weighted by Crippen LogP contribution is -2.06. The first-order chi connectivity index (χ1) is 13.3. The Labute approximate surface area is 161 Å². The maximum atomic E-state index is 5.41. The molecule has 4 rings (SSSR count). The van der Waals surface area contributed by atoms with Gasteiger partial charge in [-0.2, -0.15) is 11.3 Å². The second-order valence-electron chi connectivity index (χ2n) is 5.88. The van der Waals surface area contributed by atoms with E-state index in [1.165, 1.54) is 0 Å². The Morgan fingerprint density at radius 1 is 1.04 bits per heavy atom. The standard InChI is InChI=1S/C21H18N4OS/c1-26-19-7-3-2-5-15(19)12-23-21-24-13-18(17-8-10-27-14-17)20(25-21)16-6-4-9-22-11-16/h2-11,13-14H,12H2,1H3,(H,23,24,25). The minimum atomic E-state index is 0.568. The van der Waals surface area contributed by atoms with E-state index in [1.807, 2.05) is 48.8 Å². The van der Waals surface area contributed by atoms with E-state index >= 15 is 0 Å². The fourth-order valence-corrected chi connectivity index (χ4v) is 3.50. The van der Waals surface area contributed by atoms with E-state index < -0.39 is 0 Å². The SMILES string of the molecule is COc1ccccc1CNc1ncc(-c2ccsc2)c(-c2cccnc2)n1. The summed E-state index contributed by atoms with van der Waals surface area (Å²) >= 11 is 1.65. The van der Waals surface area contributed by atoms with Gasteiger partial charge >= 0.3 is 0 Å². The molecule has 0 bridgehead atoms. The van der Waals surface area contributed by atoms with E-state index in [9.17, 15) is 0 Å². The van der Waals surface area contributed by atoms with Crippen molar-refractivity contribution in [2.75, 3.05) is 12.4 Å². The highest BCUT2D eigenvalue weighted by atomic mass is 32.1. The van der Waals surface area contributed by atoms with Gasteiger partial charge < -0.3 is 10.1 Å². The summed E-state index contributed by atoms with van der Waals surface area (Å²) in [5.74, 6) is 1.41. The Balaban J connectivity index is 1.67. The number of anilines is 1. The molecule has 3 aromatic heterocycles. The lowest BCUT2D eigenvalue weighted by atomic mass is 10.0. The normalized spacial score (nSPS) is 10.6. The van der Waals surface area contributed by atoms with Crippen LogP contribution in [0.3, 0.4) is 0 Å². The maximum Gasteiger partial charge on any atom is 0.223 e. The highest BCUT2D eigenvalue weighted by Crippen LogP contribution is 2.31. The summed E-state index contributed by atoms with van der Waals surface area (Å²) in [6.07, 6.45) is 5.44. The van der Waals surface area contributed by atoms with Gasteiger partial charge in [0.1, 0.15) is 5.75 Å². The summed E-state index contributed by atoms with van der Waals surface area (Å²) < 4.78 is 5.41. The zero-order chi connectivity index (χ0) is 18.5. The van der Waals surface area contributed by atoms with Crippen LogP contribution >= 0.6 is 11.3 Å². The zero-order valence-electron chi connectivity index (χ0n) is 14.8. The van der Waals surface area contributed by atoms with Crippen molar-refractivity contribution in [2.45, 2.75) is 6.54 Å². The molecule has 6 heteroatoms. The molecule has 0 atom stereocenters. The summed E-state index contributed by atoms with van der Waals surface area (Å²) in [7, 11) is 1.67. The lowest BCUT2D eigenvalue weighted by molar-refractivity contribution is 0.410. The van der Waals surface area contributed by atoms with Crippen molar-refractivity contribution in [3.63, 3.8) is 0 Å². The molecule has 27 heavy (non-hydrogen) atoms. The summed E-state index contributed by atoms with van der Waals surface area (Å²) in [6, 6.07) is 13.9. The number of aromatic nitrogens is 3. The summed E-state index contributed by atoms with van der Waals surface area (Å²) in [4.78, 5) is 13.5. The van der Waals surface area contributed by atoms with Gasteiger partial charge in [-0.05, 0) is 40.6 Å². The van der Waals surface area contributed by atoms with Gasteiger partial charge in [-0.25, -0.2) is 9.97 Å². The number of rotatable bonds is 6. The van der Waals surface area contributed by atoms with Crippen LogP contribution in [0.25, 0.3) is 22.4 Å².